The number of carboxylic acids is 1. The number of hydrogen-bond donors (Lipinski definition) is 1. The normalized spacial score (nSPS) is 21.2. The maximum Gasteiger partial charge on any atom is 0.308 e. The first kappa shape index (κ1) is 14.5. The van der Waals surface area contributed by atoms with Crippen molar-refractivity contribution in [3.63, 3.8) is 0 Å². The second-order valence-electron chi connectivity index (χ2n) is 4.83. The minimum absolute atomic E-state index is 0.0281. The van der Waals surface area contributed by atoms with Gasteiger partial charge in [-0.2, -0.15) is 0 Å². The van der Waals surface area contributed by atoms with Crippen LogP contribution in [0, 0.1) is 5.92 Å². The van der Waals surface area contributed by atoms with Gasteiger partial charge in [0.15, 0.2) is 0 Å². The predicted molar refractivity (Wildman–Crippen MR) is 77.4 cm³/mol. The third-order valence-electron chi connectivity index (χ3n) is 3.47. The van der Waals surface area contributed by atoms with Gasteiger partial charge in [0.1, 0.15) is 0 Å². The average molecular weight is 346 g/mol. The average Bonchev–Trinajstić information content (AvgIpc) is 2.84. The van der Waals surface area contributed by atoms with E-state index < -0.39 is 11.9 Å². The molecule has 6 heteroatoms. The first-order valence-electron chi connectivity index (χ1n) is 6.26. The molecule has 104 valence electrons. The Kier molecular flexibility index (Phi) is 4.62. The number of aliphatic carboxylic acids is 1. The highest BCUT2D eigenvalue weighted by Gasteiger charge is 2.31. The zero-order valence-electron chi connectivity index (χ0n) is 10.6. The number of likely N-dealkylation sites (tertiary alicyclic amines) is 1. The summed E-state index contributed by atoms with van der Waals surface area (Å²) in [5, 5.41) is 9.05. The highest BCUT2D eigenvalue weighted by atomic mass is 79.9. The van der Waals surface area contributed by atoms with Crippen LogP contribution in [0.5, 0.6) is 0 Å². The fourth-order valence-electron chi connectivity index (χ4n) is 2.34. The number of amides is 1. The molecule has 1 N–H and O–H groups in total. The van der Waals surface area contributed by atoms with E-state index in [1.165, 1.54) is 0 Å². The summed E-state index contributed by atoms with van der Waals surface area (Å²) in [6, 6.07) is 3.87. The van der Waals surface area contributed by atoms with Gasteiger partial charge in [-0.3, -0.25) is 9.59 Å². The Balaban J connectivity index is 2.04. The number of thiophene rings is 1. The minimum Gasteiger partial charge on any atom is -0.481 e. The summed E-state index contributed by atoms with van der Waals surface area (Å²) < 4.78 is 1.00. The molecule has 1 aromatic heterocycles. The summed E-state index contributed by atoms with van der Waals surface area (Å²) in [6.45, 7) is 2.88. The van der Waals surface area contributed by atoms with Crippen LogP contribution < -0.4 is 0 Å². The molecule has 1 aliphatic heterocycles. The van der Waals surface area contributed by atoms with E-state index >= 15 is 0 Å². The van der Waals surface area contributed by atoms with Crippen LogP contribution in [0.2, 0.25) is 0 Å². The fourth-order valence-corrected chi connectivity index (χ4v) is 3.80. The maximum absolute atomic E-state index is 12.4. The molecule has 2 heterocycles. The van der Waals surface area contributed by atoms with Crippen LogP contribution >= 0.6 is 27.3 Å². The van der Waals surface area contributed by atoms with Crippen molar-refractivity contribution in [3.8, 4) is 0 Å². The van der Waals surface area contributed by atoms with Crippen LogP contribution in [-0.2, 0) is 9.59 Å². The Morgan fingerprint density at radius 3 is 2.84 bits per heavy atom. The van der Waals surface area contributed by atoms with Gasteiger partial charge in [-0.15, -0.1) is 11.3 Å². The van der Waals surface area contributed by atoms with Crippen molar-refractivity contribution in [1.29, 1.82) is 0 Å². The Bertz CT molecular complexity index is 488. The molecular weight excluding hydrogens is 330 g/mol. The molecule has 0 aliphatic carbocycles. The summed E-state index contributed by atoms with van der Waals surface area (Å²) in [5.41, 5.74) is 0. The zero-order chi connectivity index (χ0) is 14.0. The molecule has 0 aromatic carbocycles. The van der Waals surface area contributed by atoms with E-state index in [-0.39, 0.29) is 11.8 Å². The van der Waals surface area contributed by atoms with Crippen molar-refractivity contribution < 1.29 is 14.7 Å². The van der Waals surface area contributed by atoms with Crippen LogP contribution in [0.3, 0.4) is 0 Å². The van der Waals surface area contributed by atoms with Gasteiger partial charge in [0.05, 0.1) is 15.6 Å². The molecule has 0 bridgehead atoms. The summed E-state index contributed by atoms with van der Waals surface area (Å²) in [5.74, 6) is -1.40. The number of rotatable bonds is 3. The number of carbonyl (C=O) groups is 2. The molecule has 2 unspecified atom stereocenters. The third kappa shape index (κ3) is 3.36. The minimum atomic E-state index is -0.802. The van der Waals surface area contributed by atoms with Gasteiger partial charge in [-0.1, -0.05) is 0 Å². The van der Waals surface area contributed by atoms with Crippen molar-refractivity contribution in [3.05, 3.63) is 20.8 Å². The highest BCUT2D eigenvalue weighted by molar-refractivity contribution is 9.11. The molecule has 1 amide bonds. The largest absolute Gasteiger partial charge is 0.481 e. The lowest BCUT2D eigenvalue weighted by atomic mass is 9.96. The van der Waals surface area contributed by atoms with Gasteiger partial charge < -0.3 is 10.0 Å². The Labute approximate surface area is 124 Å². The van der Waals surface area contributed by atoms with Gasteiger partial charge in [0.2, 0.25) is 5.91 Å². The number of carbonyl (C=O) groups excluding carboxylic acids is 1. The van der Waals surface area contributed by atoms with Crippen LogP contribution in [0.4, 0.5) is 0 Å². The number of carboxylic acid groups (broad SMARTS) is 1. The highest BCUT2D eigenvalue weighted by Crippen LogP contribution is 2.30. The van der Waals surface area contributed by atoms with Crippen molar-refractivity contribution >= 4 is 39.1 Å². The lowest BCUT2D eigenvalue weighted by molar-refractivity contribution is -0.146. The first-order chi connectivity index (χ1) is 8.99. The predicted octanol–water partition coefficient (Wildman–Crippen LogP) is 2.94. The van der Waals surface area contributed by atoms with Crippen LogP contribution in [-0.4, -0.2) is 35.0 Å². The second-order valence-corrected chi connectivity index (χ2v) is 7.32. The molecule has 0 radical (unpaired) electrons. The monoisotopic (exact) mass is 345 g/mol. The summed E-state index contributed by atoms with van der Waals surface area (Å²) >= 11 is 4.94. The topological polar surface area (TPSA) is 57.6 Å². The summed E-state index contributed by atoms with van der Waals surface area (Å²) in [4.78, 5) is 26.1. The van der Waals surface area contributed by atoms with Gasteiger partial charge >= 0.3 is 5.97 Å². The molecule has 2 rings (SSSR count). The van der Waals surface area contributed by atoms with E-state index in [4.69, 9.17) is 5.11 Å². The van der Waals surface area contributed by atoms with E-state index in [1.54, 1.807) is 16.2 Å². The molecule has 4 nitrogen and oxygen atoms in total. The standard InChI is InChI=1S/C13H16BrNO3S/c1-8(10-4-5-11(14)19-10)12(16)15-6-2-3-9(7-15)13(17)18/h4-5,8-9H,2-3,6-7H2,1H3,(H,17,18). The van der Waals surface area contributed by atoms with E-state index in [0.29, 0.717) is 19.5 Å². The molecule has 2 atom stereocenters. The number of nitrogens with zero attached hydrogens (tertiary/aromatic N) is 1. The fraction of sp³-hybridized carbons (Fsp3) is 0.538. The lowest BCUT2D eigenvalue weighted by Crippen LogP contribution is -2.43. The van der Waals surface area contributed by atoms with Crippen LogP contribution in [0.1, 0.15) is 30.6 Å². The first-order valence-corrected chi connectivity index (χ1v) is 7.87. The van der Waals surface area contributed by atoms with Crippen molar-refractivity contribution in [2.24, 2.45) is 5.92 Å². The van der Waals surface area contributed by atoms with E-state index in [1.807, 2.05) is 19.1 Å². The number of piperidine rings is 1. The zero-order valence-corrected chi connectivity index (χ0v) is 13.0. The molecule has 1 fully saturated rings. The van der Waals surface area contributed by atoms with Crippen molar-refractivity contribution in [1.82, 2.24) is 4.90 Å². The Hall–Kier alpha value is -0.880. The molecule has 19 heavy (non-hydrogen) atoms. The maximum atomic E-state index is 12.4. The van der Waals surface area contributed by atoms with Gasteiger partial charge in [-0.25, -0.2) is 0 Å². The van der Waals surface area contributed by atoms with E-state index in [2.05, 4.69) is 15.9 Å². The molecule has 0 saturated carbocycles. The quantitative estimate of drug-likeness (QED) is 0.916. The van der Waals surface area contributed by atoms with E-state index in [0.717, 1.165) is 15.1 Å². The number of hydrogen-bond acceptors (Lipinski definition) is 3. The van der Waals surface area contributed by atoms with Crippen LogP contribution in [0.15, 0.2) is 15.9 Å². The van der Waals surface area contributed by atoms with Gasteiger partial charge in [0, 0.05) is 18.0 Å². The lowest BCUT2D eigenvalue weighted by Gasteiger charge is -2.32. The van der Waals surface area contributed by atoms with Gasteiger partial charge in [0.25, 0.3) is 0 Å². The Morgan fingerprint density at radius 2 is 2.26 bits per heavy atom. The van der Waals surface area contributed by atoms with Gasteiger partial charge in [-0.05, 0) is 47.8 Å². The van der Waals surface area contributed by atoms with Crippen molar-refractivity contribution in [2.45, 2.75) is 25.7 Å². The van der Waals surface area contributed by atoms with Crippen molar-refractivity contribution in [2.75, 3.05) is 13.1 Å². The second kappa shape index (κ2) is 6.05. The molecule has 1 aromatic rings. The summed E-state index contributed by atoms with van der Waals surface area (Å²) in [7, 11) is 0. The molecular formula is C13H16BrNO3S. The molecule has 1 saturated heterocycles. The number of halogens is 1. The molecule has 0 spiro atoms. The Morgan fingerprint density at radius 1 is 1.53 bits per heavy atom. The summed E-state index contributed by atoms with van der Waals surface area (Å²) in [6.07, 6.45) is 1.43. The SMILES string of the molecule is CC(C(=O)N1CCCC(C(=O)O)C1)c1ccc(Br)s1. The van der Waals surface area contributed by atoms with Crippen LogP contribution in [0.25, 0.3) is 0 Å². The molecule has 1 aliphatic rings. The smallest absolute Gasteiger partial charge is 0.308 e. The van der Waals surface area contributed by atoms with E-state index in [9.17, 15) is 9.59 Å². The third-order valence-corrected chi connectivity index (χ3v) is 5.28.